The highest BCUT2D eigenvalue weighted by Crippen LogP contribution is 2.38. The van der Waals surface area contributed by atoms with E-state index in [0.717, 1.165) is 0 Å². The Morgan fingerprint density at radius 1 is 1.10 bits per heavy atom. The third-order valence-electron chi connectivity index (χ3n) is 5.25. The second-order valence-corrected chi connectivity index (χ2v) is 9.58. The summed E-state index contributed by atoms with van der Waals surface area (Å²) in [5, 5.41) is 6.17. The van der Waals surface area contributed by atoms with E-state index in [1.54, 1.807) is 6.07 Å². The molecule has 29 heavy (non-hydrogen) atoms. The molecule has 2 N–H and O–H groups in total. The molecule has 0 bridgehead atoms. The molecule has 1 aromatic rings. The van der Waals surface area contributed by atoms with Gasteiger partial charge in [-0.3, -0.25) is 9.59 Å². The van der Waals surface area contributed by atoms with Crippen LogP contribution < -0.4 is 10.6 Å². The summed E-state index contributed by atoms with van der Waals surface area (Å²) in [6.07, 6.45) is 0.677. The second-order valence-electron chi connectivity index (χ2n) is 8.74. The number of carbonyl (C=O) groups excluding carboxylic acids is 2. The first-order chi connectivity index (χ1) is 13.3. The third-order valence-corrected chi connectivity index (χ3v) is 5.82. The molecule has 1 aliphatic rings. The highest BCUT2D eigenvalue weighted by Gasteiger charge is 2.54. The molecule has 1 heterocycles. The van der Waals surface area contributed by atoms with Crippen molar-refractivity contribution in [1.82, 2.24) is 10.6 Å². The zero-order chi connectivity index (χ0) is 22.0. The minimum absolute atomic E-state index is 0.199. The monoisotopic (exact) mass is 442 g/mol. The highest BCUT2D eigenvalue weighted by atomic mass is 35.5. The van der Waals surface area contributed by atoms with Crippen LogP contribution in [0.3, 0.4) is 0 Å². The largest absolute Gasteiger partial charge is 0.481 e. The number of amides is 2. The van der Waals surface area contributed by atoms with E-state index < -0.39 is 24.2 Å². The van der Waals surface area contributed by atoms with Crippen LogP contribution in [0.2, 0.25) is 10.0 Å². The fraction of sp³-hybridized carbons (Fsp3) is 0.600. The average molecular weight is 443 g/mol. The van der Waals surface area contributed by atoms with Gasteiger partial charge in [0.15, 0.2) is 0 Å². The van der Waals surface area contributed by atoms with E-state index in [0.29, 0.717) is 17.4 Å². The number of carbonyl (C=O) groups is 2. The summed E-state index contributed by atoms with van der Waals surface area (Å²) in [5.74, 6) is -0.824. The Kier molecular flexibility index (Phi) is 7.66. The molecule has 2 amide bonds. The number of hydrogen-bond donors (Lipinski definition) is 2. The first-order valence-electron chi connectivity index (χ1n) is 9.70. The zero-order valence-corrected chi connectivity index (χ0v) is 19.3. The Morgan fingerprint density at radius 2 is 1.69 bits per heavy atom. The average Bonchev–Trinajstić information content (AvgIpc) is 2.81. The van der Waals surface area contributed by atoms with Gasteiger partial charge in [-0.15, -0.1) is 0 Å². The molecular weight excluding hydrogens is 414 g/mol. The van der Waals surface area contributed by atoms with Crippen molar-refractivity contribution in [3.8, 4) is 0 Å². The molecule has 0 saturated carbocycles. The molecule has 9 heteroatoms. The Morgan fingerprint density at radius 3 is 2.24 bits per heavy atom. The number of hydrogen-bond acceptors (Lipinski definition) is 4. The Hall–Kier alpha value is -1.28. The molecule has 1 fully saturated rings. The van der Waals surface area contributed by atoms with E-state index in [2.05, 4.69) is 24.5 Å². The van der Waals surface area contributed by atoms with Crippen molar-refractivity contribution in [2.24, 2.45) is 5.92 Å². The fourth-order valence-corrected chi connectivity index (χ4v) is 3.36. The summed E-state index contributed by atoms with van der Waals surface area (Å²) in [4.78, 5) is 24.8. The molecule has 0 aliphatic carbocycles. The maximum Gasteiger partial charge on any atom is 0.481 e. The predicted molar refractivity (Wildman–Crippen MR) is 116 cm³/mol. The van der Waals surface area contributed by atoms with Gasteiger partial charge in [0.1, 0.15) is 0 Å². The van der Waals surface area contributed by atoms with Crippen LogP contribution in [-0.2, 0) is 14.1 Å². The van der Waals surface area contributed by atoms with Crippen molar-refractivity contribution in [3.63, 3.8) is 0 Å². The summed E-state index contributed by atoms with van der Waals surface area (Å²) < 4.78 is 12.2. The quantitative estimate of drug-likeness (QED) is 0.628. The number of halogens is 2. The van der Waals surface area contributed by atoms with Gasteiger partial charge in [-0.2, -0.15) is 0 Å². The van der Waals surface area contributed by atoms with Crippen molar-refractivity contribution < 1.29 is 18.9 Å². The molecule has 0 radical (unpaired) electrons. The van der Waals surface area contributed by atoms with Crippen molar-refractivity contribution in [2.45, 2.75) is 65.1 Å². The molecule has 160 valence electrons. The number of benzene rings is 1. The van der Waals surface area contributed by atoms with E-state index in [-0.39, 0.29) is 29.0 Å². The molecule has 6 nitrogen and oxygen atoms in total. The maximum absolute atomic E-state index is 12.5. The van der Waals surface area contributed by atoms with Crippen LogP contribution in [0.4, 0.5) is 0 Å². The summed E-state index contributed by atoms with van der Waals surface area (Å²) >= 11 is 11.9. The van der Waals surface area contributed by atoms with E-state index in [4.69, 9.17) is 32.5 Å². The van der Waals surface area contributed by atoms with E-state index >= 15 is 0 Å². The van der Waals surface area contributed by atoms with Crippen LogP contribution in [0.5, 0.6) is 0 Å². The lowest BCUT2D eigenvalue weighted by Crippen LogP contribution is -2.51. The molecule has 0 spiro atoms. The summed E-state index contributed by atoms with van der Waals surface area (Å²) in [6, 6.07) is 4.59. The van der Waals surface area contributed by atoms with Gasteiger partial charge >= 0.3 is 7.12 Å². The predicted octanol–water partition coefficient (Wildman–Crippen LogP) is 3.89. The second kappa shape index (κ2) is 9.25. The van der Waals surface area contributed by atoms with Gasteiger partial charge < -0.3 is 19.9 Å². The van der Waals surface area contributed by atoms with Gasteiger partial charge in [0.2, 0.25) is 5.91 Å². The van der Waals surface area contributed by atoms with Gasteiger partial charge in [-0.05, 0) is 58.2 Å². The van der Waals surface area contributed by atoms with Crippen LogP contribution in [0.1, 0.15) is 58.3 Å². The molecule has 1 atom stereocenters. The molecule has 0 unspecified atom stereocenters. The molecule has 0 aromatic heterocycles. The van der Waals surface area contributed by atoms with Crippen molar-refractivity contribution in [2.75, 3.05) is 6.54 Å². The Balaban J connectivity index is 2.00. The Bertz CT molecular complexity index is 755. The lowest BCUT2D eigenvalue weighted by Gasteiger charge is -2.32. The number of nitrogens with one attached hydrogen (secondary N) is 2. The fourth-order valence-electron chi connectivity index (χ4n) is 2.98. The van der Waals surface area contributed by atoms with Crippen LogP contribution >= 0.6 is 23.2 Å². The minimum Gasteiger partial charge on any atom is -0.402 e. The Labute approximate surface area is 183 Å². The van der Waals surface area contributed by atoms with Crippen molar-refractivity contribution in [1.29, 1.82) is 0 Å². The van der Waals surface area contributed by atoms with Crippen molar-refractivity contribution in [3.05, 3.63) is 33.8 Å². The first-order valence-corrected chi connectivity index (χ1v) is 10.5. The van der Waals surface area contributed by atoms with Crippen LogP contribution in [-0.4, -0.2) is 42.6 Å². The zero-order valence-electron chi connectivity index (χ0n) is 17.8. The van der Waals surface area contributed by atoms with Crippen LogP contribution in [0, 0.1) is 5.92 Å². The lowest BCUT2D eigenvalue weighted by atomic mass is 9.74. The van der Waals surface area contributed by atoms with E-state index in [1.165, 1.54) is 12.1 Å². The highest BCUT2D eigenvalue weighted by molar-refractivity contribution is 6.48. The van der Waals surface area contributed by atoms with E-state index in [1.807, 2.05) is 27.7 Å². The van der Waals surface area contributed by atoms with Crippen LogP contribution in [0.25, 0.3) is 0 Å². The SMILES string of the molecule is CC(C)C[C@H](NC(=O)CNC(=O)c1cc(Cl)ccc1Cl)B1OC(C)(C)C(C)(C)O1. The number of rotatable bonds is 7. The summed E-state index contributed by atoms with van der Waals surface area (Å²) in [7, 11) is -0.565. The smallest absolute Gasteiger partial charge is 0.402 e. The molecular formula is C20H29BCl2N2O4. The lowest BCUT2D eigenvalue weighted by molar-refractivity contribution is -0.120. The molecule has 1 aromatic carbocycles. The normalized spacial score (nSPS) is 18.6. The van der Waals surface area contributed by atoms with Crippen molar-refractivity contribution >= 4 is 42.1 Å². The summed E-state index contributed by atoms with van der Waals surface area (Å²) in [5.41, 5.74) is -0.763. The van der Waals surface area contributed by atoms with Gasteiger partial charge in [0.05, 0.1) is 34.3 Å². The summed E-state index contributed by atoms with van der Waals surface area (Å²) in [6.45, 7) is 11.8. The van der Waals surface area contributed by atoms with Gasteiger partial charge in [-0.1, -0.05) is 37.0 Å². The van der Waals surface area contributed by atoms with Gasteiger partial charge in [0.25, 0.3) is 5.91 Å². The van der Waals surface area contributed by atoms with E-state index in [9.17, 15) is 9.59 Å². The molecule has 2 rings (SSSR count). The topological polar surface area (TPSA) is 76.7 Å². The van der Waals surface area contributed by atoms with Gasteiger partial charge in [-0.25, -0.2) is 0 Å². The molecule has 1 aliphatic heterocycles. The first kappa shape index (κ1) is 24.0. The third kappa shape index (κ3) is 6.11. The van der Waals surface area contributed by atoms with Crippen LogP contribution in [0.15, 0.2) is 18.2 Å². The maximum atomic E-state index is 12.5. The minimum atomic E-state index is -0.565. The molecule has 1 saturated heterocycles. The van der Waals surface area contributed by atoms with Gasteiger partial charge in [0, 0.05) is 5.02 Å². The standard InChI is InChI=1S/C20H29BCl2N2O4/c1-12(2)9-16(21-28-19(3,4)20(5,6)29-21)25-17(26)11-24-18(27)14-10-13(22)7-8-15(14)23/h7-8,10,12,16H,9,11H2,1-6H3,(H,24,27)(H,25,26)/t16-/m0/s1.